The smallest absolute Gasteiger partial charge is 0.312 e. The molecule has 0 atom stereocenters. The van der Waals surface area contributed by atoms with Crippen molar-refractivity contribution in [1.29, 1.82) is 5.26 Å². The van der Waals surface area contributed by atoms with Crippen LogP contribution in [0.3, 0.4) is 0 Å². The second kappa shape index (κ2) is 5.30. The van der Waals surface area contributed by atoms with Crippen LogP contribution in [0.1, 0.15) is 25.8 Å². The molecular formula is C11H13N5O3. The summed E-state index contributed by atoms with van der Waals surface area (Å²) in [5.74, 6) is -0.538. The van der Waals surface area contributed by atoms with E-state index in [1.165, 1.54) is 6.20 Å². The van der Waals surface area contributed by atoms with E-state index in [1.54, 1.807) is 19.9 Å². The summed E-state index contributed by atoms with van der Waals surface area (Å²) in [6.45, 7) is 3.34. The highest BCUT2D eigenvalue weighted by Crippen LogP contribution is 2.26. The predicted octanol–water partition coefficient (Wildman–Crippen LogP) is 0.927. The fraction of sp³-hybridized carbons (Fsp3) is 0.364. The second-order valence-electron chi connectivity index (χ2n) is 4.61. The van der Waals surface area contributed by atoms with Crippen LogP contribution in [0.25, 0.3) is 0 Å². The van der Waals surface area contributed by atoms with Gasteiger partial charge in [0.15, 0.2) is 0 Å². The first kappa shape index (κ1) is 14.4. The monoisotopic (exact) mass is 263 g/mol. The highest BCUT2D eigenvalue weighted by Gasteiger charge is 2.25. The molecule has 19 heavy (non-hydrogen) atoms. The van der Waals surface area contributed by atoms with Gasteiger partial charge in [0.05, 0.1) is 10.5 Å². The maximum Gasteiger partial charge on any atom is 0.312 e. The summed E-state index contributed by atoms with van der Waals surface area (Å²) in [6.07, 6.45) is 1.21. The van der Waals surface area contributed by atoms with Crippen molar-refractivity contribution in [3.63, 3.8) is 0 Å². The molecule has 1 aromatic rings. The molecule has 0 unspecified atom stereocenters. The van der Waals surface area contributed by atoms with Gasteiger partial charge in [-0.1, -0.05) is 0 Å². The number of nitro groups is 1. The Morgan fingerprint density at radius 2 is 2.32 bits per heavy atom. The average Bonchev–Trinajstić information content (AvgIpc) is 2.26. The fourth-order valence-electron chi connectivity index (χ4n) is 1.55. The van der Waals surface area contributed by atoms with E-state index in [9.17, 15) is 14.9 Å². The third kappa shape index (κ3) is 3.92. The lowest BCUT2D eigenvalue weighted by Gasteiger charge is -2.25. The Balaban J connectivity index is 3.11. The van der Waals surface area contributed by atoms with Gasteiger partial charge in [-0.2, -0.15) is 5.26 Å². The normalized spacial score (nSPS) is 10.6. The van der Waals surface area contributed by atoms with Gasteiger partial charge in [-0.15, -0.1) is 0 Å². The summed E-state index contributed by atoms with van der Waals surface area (Å²) in [6, 6.07) is 2.90. The Labute approximate surface area is 109 Å². The zero-order valence-corrected chi connectivity index (χ0v) is 10.5. The van der Waals surface area contributed by atoms with Crippen molar-refractivity contribution in [1.82, 2.24) is 4.98 Å². The number of anilines is 1. The topological polar surface area (TPSA) is 135 Å². The third-order valence-electron chi connectivity index (χ3n) is 2.27. The highest BCUT2D eigenvalue weighted by atomic mass is 16.6. The number of nitrogens with two attached hydrogens (primary N) is 1. The lowest BCUT2D eigenvalue weighted by Crippen LogP contribution is -2.36. The molecule has 1 rings (SSSR count). The van der Waals surface area contributed by atoms with Gasteiger partial charge in [0.1, 0.15) is 6.07 Å². The molecule has 0 aromatic carbocycles. The second-order valence-corrected chi connectivity index (χ2v) is 4.61. The van der Waals surface area contributed by atoms with E-state index < -0.39 is 16.4 Å². The first-order valence-corrected chi connectivity index (χ1v) is 5.36. The SMILES string of the molecule is CC(C)(CC(N)=O)Nc1ncc(C#N)cc1[N+](=O)[O-]. The predicted molar refractivity (Wildman–Crippen MR) is 67.1 cm³/mol. The summed E-state index contributed by atoms with van der Waals surface area (Å²) >= 11 is 0. The minimum atomic E-state index is -0.780. The molecular weight excluding hydrogens is 250 g/mol. The molecule has 0 aliphatic heterocycles. The molecule has 0 radical (unpaired) electrons. The summed E-state index contributed by atoms with van der Waals surface area (Å²) in [5.41, 5.74) is 4.08. The number of nitrogens with one attached hydrogen (secondary N) is 1. The van der Waals surface area contributed by atoms with Crippen molar-refractivity contribution in [2.75, 3.05) is 5.32 Å². The zero-order chi connectivity index (χ0) is 14.6. The molecule has 8 heteroatoms. The van der Waals surface area contributed by atoms with Crippen molar-refractivity contribution < 1.29 is 9.72 Å². The molecule has 1 heterocycles. The van der Waals surface area contributed by atoms with Crippen molar-refractivity contribution in [3.05, 3.63) is 27.9 Å². The first-order valence-electron chi connectivity index (χ1n) is 5.36. The lowest BCUT2D eigenvalue weighted by atomic mass is 10.0. The maximum atomic E-state index is 10.9. The van der Waals surface area contributed by atoms with Gasteiger partial charge in [-0.3, -0.25) is 14.9 Å². The molecule has 1 amide bonds. The molecule has 0 aliphatic rings. The van der Waals surface area contributed by atoms with Crippen LogP contribution in [0.2, 0.25) is 0 Å². The molecule has 1 aromatic heterocycles. The summed E-state index contributed by atoms with van der Waals surface area (Å²) in [5, 5.41) is 22.4. The summed E-state index contributed by atoms with van der Waals surface area (Å²) in [4.78, 5) is 25.0. The number of amides is 1. The third-order valence-corrected chi connectivity index (χ3v) is 2.27. The molecule has 3 N–H and O–H groups in total. The van der Waals surface area contributed by atoms with E-state index in [0.717, 1.165) is 6.07 Å². The Hall–Kier alpha value is -2.69. The van der Waals surface area contributed by atoms with Crippen molar-refractivity contribution >= 4 is 17.4 Å². The van der Waals surface area contributed by atoms with Crippen LogP contribution in [-0.4, -0.2) is 21.4 Å². The number of nitriles is 1. The average molecular weight is 263 g/mol. The number of carbonyl (C=O) groups is 1. The zero-order valence-electron chi connectivity index (χ0n) is 10.5. The summed E-state index contributed by atoms with van der Waals surface area (Å²) < 4.78 is 0. The van der Waals surface area contributed by atoms with Crippen LogP contribution in [0, 0.1) is 21.4 Å². The van der Waals surface area contributed by atoms with Gasteiger partial charge >= 0.3 is 5.69 Å². The largest absolute Gasteiger partial charge is 0.370 e. The van der Waals surface area contributed by atoms with Crippen LogP contribution in [0.5, 0.6) is 0 Å². The van der Waals surface area contributed by atoms with E-state index in [4.69, 9.17) is 11.0 Å². The van der Waals surface area contributed by atoms with Crippen LogP contribution in [-0.2, 0) is 4.79 Å². The quantitative estimate of drug-likeness (QED) is 0.599. The number of carbonyl (C=O) groups excluding carboxylic acids is 1. The van der Waals surface area contributed by atoms with Gasteiger partial charge in [-0.25, -0.2) is 4.98 Å². The van der Waals surface area contributed by atoms with Crippen molar-refractivity contribution in [3.8, 4) is 6.07 Å². The minimum Gasteiger partial charge on any atom is -0.370 e. The molecule has 8 nitrogen and oxygen atoms in total. The van der Waals surface area contributed by atoms with E-state index in [0.29, 0.717) is 0 Å². The standard InChI is InChI=1S/C11H13N5O3/c1-11(2,4-9(13)17)15-10-8(16(18)19)3-7(5-12)6-14-10/h3,6H,4H2,1-2H3,(H2,13,17)(H,14,15). The number of hydrogen-bond acceptors (Lipinski definition) is 6. The van der Waals surface area contributed by atoms with Crippen LogP contribution in [0.15, 0.2) is 12.3 Å². The first-order chi connectivity index (χ1) is 8.75. The number of rotatable bonds is 5. The molecule has 0 bridgehead atoms. The summed E-state index contributed by atoms with van der Waals surface area (Å²) in [7, 11) is 0. The number of pyridine rings is 1. The molecule has 0 aliphatic carbocycles. The molecule has 0 spiro atoms. The van der Waals surface area contributed by atoms with Crippen LogP contribution >= 0.6 is 0 Å². The fourth-order valence-corrected chi connectivity index (χ4v) is 1.55. The van der Waals surface area contributed by atoms with Gasteiger partial charge in [0.25, 0.3) is 0 Å². The molecule has 0 saturated carbocycles. The Kier molecular flexibility index (Phi) is 4.01. The number of aromatic nitrogens is 1. The van der Waals surface area contributed by atoms with Crippen molar-refractivity contribution in [2.24, 2.45) is 5.73 Å². The van der Waals surface area contributed by atoms with Crippen molar-refractivity contribution in [2.45, 2.75) is 25.8 Å². The van der Waals surface area contributed by atoms with E-state index in [1.807, 2.05) is 0 Å². The van der Waals surface area contributed by atoms with Crippen LogP contribution < -0.4 is 11.1 Å². The van der Waals surface area contributed by atoms with E-state index in [-0.39, 0.29) is 23.5 Å². The van der Waals surface area contributed by atoms with Crippen LogP contribution in [0.4, 0.5) is 11.5 Å². The van der Waals surface area contributed by atoms with E-state index >= 15 is 0 Å². The number of primary amides is 1. The lowest BCUT2D eigenvalue weighted by molar-refractivity contribution is -0.384. The number of nitrogens with zero attached hydrogens (tertiary/aromatic N) is 3. The van der Waals surface area contributed by atoms with Gasteiger partial charge in [-0.05, 0) is 13.8 Å². The Bertz CT molecular complexity index is 562. The minimum absolute atomic E-state index is 0.00440. The Morgan fingerprint density at radius 3 is 2.79 bits per heavy atom. The van der Waals surface area contributed by atoms with Gasteiger partial charge in [0, 0.05) is 24.2 Å². The molecule has 100 valence electrons. The Morgan fingerprint density at radius 1 is 1.68 bits per heavy atom. The van der Waals surface area contributed by atoms with Gasteiger partial charge < -0.3 is 11.1 Å². The number of hydrogen-bond donors (Lipinski definition) is 2. The molecule has 0 saturated heterocycles. The molecule has 0 fully saturated rings. The highest BCUT2D eigenvalue weighted by molar-refractivity contribution is 5.76. The van der Waals surface area contributed by atoms with Gasteiger partial charge in [0.2, 0.25) is 11.7 Å². The van der Waals surface area contributed by atoms with E-state index in [2.05, 4.69) is 10.3 Å². The maximum absolute atomic E-state index is 10.9.